The average molecular weight is 500 g/mol. The largest absolute Gasteiger partial charge is 0.382 e. The Balaban J connectivity index is 1.40. The van der Waals surface area contributed by atoms with Crippen LogP contribution in [0.1, 0.15) is 45.4 Å². The summed E-state index contributed by atoms with van der Waals surface area (Å²) in [6.07, 6.45) is 1.78. The summed E-state index contributed by atoms with van der Waals surface area (Å²) in [6.45, 7) is 2.62. The van der Waals surface area contributed by atoms with Crippen LogP contribution in [0.4, 0.5) is 25.4 Å². The molecule has 8 nitrogen and oxygen atoms in total. The standard InChI is InChI=1S/C24H23F2N5O3S/c1-13(32)31-11-3-4-16(31)12-28-23(34)14-7-9-15(10-8-14)29-24-30-22(27)21(35-24)20(33)19-17(25)5-2-6-18(19)26/h2,5-10,16H,3-4,11-12,27H2,1H3,(H,28,34)(H,29,30). The molecule has 3 aromatic rings. The van der Waals surface area contributed by atoms with E-state index in [1.807, 2.05) is 0 Å². The minimum absolute atomic E-state index is 0.00231. The molecule has 4 rings (SSSR count). The number of hydrogen-bond acceptors (Lipinski definition) is 7. The van der Waals surface area contributed by atoms with E-state index in [2.05, 4.69) is 15.6 Å². The summed E-state index contributed by atoms with van der Waals surface area (Å²) in [4.78, 5) is 42.5. The molecule has 1 atom stereocenters. The van der Waals surface area contributed by atoms with Gasteiger partial charge in [-0.2, -0.15) is 0 Å². The van der Waals surface area contributed by atoms with Crippen molar-refractivity contribution in [2.24, 2.45) is 0 Å². The lowest BCUT2D eigenvalue weighted by atomic mass is 10.1. The van der Waals surface area contributed by atoms with Crippen molar-refractivity contribution >= 4 is 45.6 Å². The normalized spacial score (nSPS) is 15.2. The Kier molecular flexibility index (Phi) is 7.06. The molecule has 1 aromatic heterocycles. The van der Waals surface area contributed by atoms with Gasteiger partial charge in [0.15, 0.2) is 5.13 Å². The molecule has 0 bridgehead atoms. The summed E-state index contributed by atoms with van der Waals surface area (Å²) in [5, 5.41) is 6.09. The van der Waals surface area contributed by atoms with Crippen molar-refractivity contribution < 1.29 is 23.2 Å². The first-order valence-electron chi connectivity index (χ1n) is 10.9. The van der Waals surface area contributed by atoms with E-state index in [4.69, 9.17) is 5.73 Å². The van der Waals surface area contributed by atoms with Crippen LogP contribution < -0.4 is 16.4 Å². The van der Waals surface area contributed by atoms with Gasteiger partial charge in [-0.05, 0) is 49.2 Å². The number of aromatic nitrogens is 1. The number of nitrogens with one attached hydrogen (secondary N) is 2. The Bertz CT molecular complexity index is 1260. The van der Waals surface area contributed by atoms with Gasteiger partial charge in [-0.1, -0.05) is 17.4 Å². The molecule has 0 radical (unpaired) electrons. The molecule has 2 amide bonds. The highest BCUT2D eigenvalue weighted by Gasteiger charge is 2.27. The average Bonchev–Trinajstić information content (AvgIpc) is 3.44. The van der Waals surface area contributed by atoms with Crippen LogP contribution in [0.5, 0.6) is 0 Å². The van der Waals surface area contributed by atoms with Crippen LogP contribution in [0.15, 0.2) is 42.5 Å². The van der Waals surface area contributed by atoms with Crippen LogP contribution in [0.25, 0.3) is 0 Å². The van der Waals surface area contributed by atoms with Gasteiger partial charge >= 0.3 is 0 Å². The summed E-state index contributed by atoms with van der Waals surface area (Å²) in [5.41, 5.74) is 6.15. The smallest absolute Gasteiger partial charge is 0.251 e. The van der Waals surface area contributed by atoms with Gasteiger partial charge in [-0.25, -0.2) is 13.8 Å². The van der Waals surface area contributed by atoms with Crippen molar-refractivity contribution in [2.45, 2.75) is 25.8 Å². The number of hydrogen-bond donors (Lipinski definition) is 3. The molecule has 1 aliphatic heterocycles. The lowest BCUT2D eigenvalue weighted by Crippen LogP contribution is -2.42. The number of amides is 2. The van der Waals surface area contributed by atoms with Crippen molar-refractivity contribution in [3.05, 3.63) is 70.1 Å². The second-order valence-electron chi connectivity index (χ2n) is 8.08. The first-order valence-corrected chi connectivity index (χ1v) is 11.7. The molecule has 1 saturated heterocycles. The number of rotatable bonds is 7. The van der Waals surface area contributed by atoms with E-state index in [-0.39, 0.29) is 33.7 Å². The Morgan fingerprint density at radius 3 is 2.49 bits per heavy atom. The maximum atomic E-state index is 14.0. The predicted octanol–water partition coefficient (Wildman–Crippen LogP) is 3.72. The fourth-order valence-corrected chi connectivity index (χ4v) is 4.83. The third-order valence-electron chi connectivity index (χ3n) is 5.73. The zero-order valence-corrected chi connectivity index (χ0v) is 19.6. The Morgan fingerprint density at radius 2 is 1.83 bits per heavy atom. The maximum Gasteiger partial charge on any atom is 0.251 e. The highest BCUT2D eigenvalue weighted by atomic mass is 32.1. The van der Waals surface area contributed by atoms with Crippen LogP contribution in [-0.4, -0.2) is 46.6 Å². The van der Waals surface area contributed by atoms with E-state index in [1.54, 1.807) is 29.2 Å². The van der Waals surface area contributed by atoms with E-state index < -0.39 is 23.0 Å². The Hall–Kier alpha value is -3.86. The number of benzene rings is 2. The van der Waals surface area contributed by atoms with Crippen LogP contribution in [-0.2, 0) is 4.79 Å². The van der Waals surface area contributed by atoms with E-state index >= 15 is 0 Å². The molecular formula is C24H23F2N5O3S. The van der Waals surface area contributed by atoms with Gasteiger partial charge in [0.05, 0.1) is 5.56 Å². The summed E-state index contributed by atoms with van der Waals surface area (Å²) in [5.74, 6) is -3.25. The number of nitrogens with two attached hydrogens (primary N) is 1. The third-order valence-corrected chi connectivity index (χ3v) is 6.71. The molecule has 0 spiro atoms. The SMILES string of the molecule is CC(=O)N1CCCC1CNC(=O)c1ccc(Nc2nc(N)c(C(=O)c3c(F)cccc3F)s2)cc1. The molecule has 0 saturated carbocycles. The predicted molar refractivity (Wildman–Crippen MR) is 129 cm³/mol. The topological polar surface area (TPSA) is 117 Å². The second kappa shape index (κ2) is 10.2. The number of halogens is 2. The van der Waals surface area contributed by atoms with E-state index in [1.165, 1.54) is 13.0 Å². The first kappa shape index (κ1) is 24.3. The van der Waals surface area contributed by atoms with Gasteiger partial charge < -0.3 is 21.3 Å². The molecule has 4 N–H and O–H groups in total. The highest BCUT2D eigenvalue weighted by molar-refractivity contribution is 7.18. The number of carbonyl (C=O) groups is 3. The number of thiazole rings is 1. The van der Waals surface area contributed by atoms with Crippen LogP contribution in [0, 0.1) is 11.6 Å². The lowest BCUT2D eigenvalue weighted by Gasteiger charge is -2.23. The van der Waals surface area contributed by atoms with Gasteiger partial charge in [-0.3, -0.25) is 14.4 Å². The number of likely N-dealkylation sites (tertiary alicyclic amines) is 1. The second-order valence-corrected chi connectivity index (χ2v) is 9.08. The number of nitrogens with zero attached hydrogens (tertiary/aromatic N) is 2. The number of ketones is 1. The minimum atomic E-state index is -0.979. The third kappa shape index (κ3) is 5.29. The molecule has 1 fully saturated rings. The van der Waals surface area contributed by atoms with Gasteiger partial charge in [0.1, 0.15) is 22.3 Å². The van der Waals surface area contributed by atoms with Crippen molar-refractivity contribution in [1.29, 1.82) is 0 Å². The Labute approximate surface area is 204 Å². The molecule has 11 heteroatoms. The summed E-state index contributed by atoms with van der Waals surface area (Å²) >= 11 is 0.868. The molecule has 2 aromatic carbocycles. The van der Waals surface area contributed by atoms with E-state index in [0.717, 1.165) is 36.3 Å². The molecule has 35 heavy (non-hydrogen) atoms. The van der Waals surface area contributed by atoms with Crippen LogP contribution >= 0.6 is 11.3 Å². The number of anilines is 3. The van der Waals surface area contributed by atoms with Gasteiger partial charge in [-0.15, -0.1) is 0 Å². The quantitative estimate of drug-likeness (QED) is 0.427. The molecule has 0 aliphatic carbocycles. The first-order chi connectivity index (χ1) is 16.7. The molecule has 2 heterocycles. The highest BCUT2D eigenvalue weighted by Crippen LogP contribution is 2.31. The number of carbonyl (C=O) groups excluding carboxylic acids is 3. The van der Waals surface area contributed by atoms with Crippen molar-refractivity contribution in [3.63, 3.8) is 0 Å². The fraction of sp³-hybridized carbons (Fsp3) is 0.250. The fourth-order valence-electron chi connectivity index (χ4n) is 3.98. The summed E-state index contributed by atoms with van der Waals surface area (Å²) in [7, 11) is 0. The van der Waals surface area contributed by atoms with Gasteiger partial charge in [0, 0.05) is 37.3 Å². The molecule has 1 unspecified atom stereocenters. The Morgan fingerprint density at radius 1 is 1.14 bits per heavy atom. The van der Waals surface area contributed by atoms with Crippen molar-refractivity contribution in [2.75, 3.05) is 24.1 Å². The van der Waals surface area contributed by atoms with Crippen molar-refractivity contribution in [1.82, 2.24) is 15.2 Å². The van der Waals surface area contributed by atoms with Crippen LogP contribution in [0.3, 0.4) is 0 Å². The van der Waals surface area contributed by atoms with Crippen molar-refractivity contribution in [3.8, 4) is 0 Å². The van der Waals surface area contributed by atoms with Crippen LogP contribution in [0.2, 0.25) is 0 Å². The van der Waals surface area contributed by atoms with Gasteiger partial charge in [0.2, 0.25) is 11.7 Å². The van der Waals surface area contributed by atoms with E-state index in [0.29, 0.717) is 24.3 Å². The number of nitrogen functional groups attached to an aromatic ring is 1. The zero-order valence-electron chi connectivity index (χ0n) is 18.8. The maximum absolute atomic E-state index is 14.0. The van der Waals surface area contributed by atoms with Gasteiger partial charge in [0.25, 0.3) is 5.91 Å². The lowest BCUT2D eigenvalue weighted by molar-refractivity contribution is -0.129. The minimum Gasteiger partial charge on any atom is -0.382 e. The summed E-state index contributed by atoms with van der Waals surface area (Å²) < 4.78 is 28.0. The molecule has 1 aliphatic rings. The molecular weight excluding hydrogens is 476 g/mol. The summed E-state index contributed by atoms with van der Waals surface area (Å²) in [6, 6.07) is 9.71. The van der Waals surface area contributed by atoms with E-state index in [9.17, 15) is 23.2 Å². The monoisotopic (exact) mass is 499 g/mol. The molecule has 182 valence electrons. The zero-order chi connectivity index (χ0) is 25.1.